The SMILES string of the molecule is CC1CCCN(Cc2cnc(Cl)cn2)C1CN. The van der Waals surface area contributed by atoms with Gasteiger partial charge in [0.25, 0.3) is 0 Å². The minimum atomic E-state index is 0.441. The van der Waals surface area contributed by atoms with Crippen LogP contribution in [0.3, 0.4) is 0 Å². The zero-order chi connectivity index (χ0) is 12.3. The number of halogens is 1. The lowest BCUT2D eigenvalue weighted by Crippen LogP contribution is -2.48. The lowest BCUT2D eigenvalue weighted by Gasteiger charge is -2.39. The maximum absolute atomic E-state index is 5.86. The number of hydrogen-bond donors (Lipinski definition) is 1. The number of nitrogens with zero attached hydrogens (tertiary/aromatic N) is 3. The molecular weight excluding hydrogens is 236 g/mol. The van der Waals surface area contributed by atoms with Crippen molar-refractivity contribution in [2.75, 3.05) is 13.1 Å². The molecule has 1 fully saturated rings. The van der Waals surface area contributed by atoms with E-state index in [9.17, 15) is 0 Å². The van der Waals surface area contributed by atoms with Crippen LogP contribution in [0.1, 0.15) is 25.5 Å². The first kappa shape index (κ1) is 12.7. The van der Waals surface area contributed by atoms with Crippen LogP contribution in [-0.4, -0.2) is 34.0 Å². The van der Waals surface area contributed by atoms with E-state index in [2.05, 4.69) is 21.8 Å². The molecule has 4 nitrogen and oxygen atoms in total. The molecule has 17 heavy (non-hydrogen) atoms. The molecule has 2 atom stereocenters. The third-order valence-electron chi connectivity index (χ3n) is 3.51. The highest BCUT2D eigenvalue weighted by molar-refractivity contribution is 6.29. The second-order valence-electron chi connectivity index (χ2n) is 4.72. The fourth-order valence-corrected chi connectivity index (χ4v) is 2.64. The van der Waals surface area contributed by atoms with Gasteiger partial charge >= 0.3 is 0 Å². The first-order chi connectivity index (χ1) is 8.20. The van der Waals surface area contributed by atoms with Gasteiger partial charge in [-0.15, -0.1) is 0 Å². The highest BCUT2D eigenvalue weighted by Crippen LogP contribution is 2.23. The number of rotatable bonds is 3. The molecule has 1 aromatic heterocycles. The minimum absolute atomic E-state index is 0.441. The summed E-state index contributed by atoms with van der Waals surface area (Å²) < 4.78 is 0. The number of aromatic nitrogens is 2. The van der Waals surface area contributed by atoms with Crippen LogP contribution in [0.5, 0.6) is 0 Å². The largest absolute Gasteiger partial charge is 0.329 e. The fourth-order valence-electron chi connectivity index (χ4n) is 2.54. The van der Waals surface area contributed by atoms with Gasteiger partial charge in [0, 0.05) is 19.1 Å². The molecule has 1 aliphatic heterocycles. The van der Waals surface area contributed by atoms with E-state index in [0.29, 0.717) is 23.7 Å². The van der Waals surface area contributed by atoms with E-state index in [4.69, 9.17) is 17.3 Å². The number of likely N-dealkylation sites (tertiary alicyclic amines) is 1. The lowest BCUT2D eigenvalue weighted by molar-refractivity contribution is 0.0976. The van der Waals surface area contributed by atoms with Crippen molar-refractivity contribution >= 4 is 11.6 Å². The van der Waals surface area contributed by atoms with Gasteiger partial charge in [-0.05, 0) is 25.3 Å². The molecule has 1 aliphatic rings. The molecule has 0 bridgehead atoms. The first-order valence-corrected chi connectivity index (χ1v) is 6.49. The molecule has 0 spiro atoms. The van der Waals surface area contributed by atoms with Gasteiger partial charge in [-0.2, -0.15) is 0 Å². The Bertz CT molecular complexity index is 354. The van der Waals surface area contributed by atoms with Crippen molar-refractivity contribution in [3.05, 3.63) is 23.2 Å². The molecule has 1 saturated heterocycles. The van der Waals surface area contributed by atoms with E-state index in [-0.39, 0.29) is 0 Å². The zero-order valence-electron chi connectivity index (χ0n) is 10.1. The Morgan fingerprint density at radius 2 is 2.29 bits per heavy atom. The summed E-state index contributed by atoms with van der Waals surface area (Å²) in [7, 11) is 0. The van der Waals surface area contributed by atoms with Crippen molar-refractivity contribution in [1.29, 1.82) is 0 Å². The Morgan fingerprint density at radius 1 is 1.47 bits per heavy atom. The Kier molecular flexibility index (Phi) is 4.31. The van der Waals surface area contributed by atoms with Crippen molar-refractivity contribution in [2.24, 2.45) is 11.7 Å². The lowest BCUT2D eigenvalue weighted by atomic mass is 9.91. The molecule has 2 unspecified atom stereocenters. The Balaban J connectivity index is 2.03. The predicted octanol–water partition coefficient (Wildman–Crippen LogP) is 1.69. The molecular formula is C12H19ClN4. The van der Waals surface area contributed by atoms with Crippen LogP contribution in [0.2, 0.25) is 5.15 Å². The van der Waals surface area contributed by atoms with E-state index < -0.39 is 0 Å². The topological polar surface area (TPSA) is 55.0 Å². The molecule has 2 rings (SSSR count). The second-order valence-corrected chi connectivity index (χ2v) is 5.11. The van der Waals surface area contributed by atoms with Crippen molar-refractivity contribution in [3.63, 3.8) is 0 Å². The minimum Gasteiger partial charge on any atom is -0.329 e. The average molecular weight is 255 g/mol. The number of piperidine rings is 1. The summed E-state index contributed by atoms with van der Waals surface area (Å²) in [5.74, 6) is 0.661. The summed E-state index contributed by atoms with van der Waals surface area (Å²) >= 11 is 5.73. The van der Waals surface area contributed by atoms with Gasteiger partial charge in [-0.3, -0.25) is 9.88 Å². The first-order valence-electron chi connectivity index (χ1n) is 6.11. The van der Waals surface area contributed by atoms with Crippen LogP contribution in [0.25, 0.3) is 0 Å². The molecule has 0 aromatic carbocycles. The van der Waals surface area contributed by atoms with Crippen LogP contribution in [0.15, 0.2) is 12.4 Å². The summed E-state index contributed by atoms with van der Waals surface area (Å²) in [5, 5.41) is 0.441. The van der Waals surface area contributed by atoms with Gasteiger partial charge in [0.05, 0.1) is 18.1 Å². The highest BCUT2D eigenvalue weighted by Gasteiger charge is 2.27. The van der Waals surface area contributed by atoms with Crippen LogP contribution in [0, 0.1) is 5.92 Å². The molecule has 94 valence electrons. The van der Waals surface area contributed by atoms with Gasteiger partial charge in [0.2, 0.25) is 0 Å². The predicted molar refractivity (Wildman–Crippen MR) is 68.7 cm³/mol. The zero-order valence-corrected chi connectivity index (χ0v) is 10.9. The second kappa shape index (κ2) is 5.76. The van der Waals surface area contributed by atoms with Crippen molar-refractivity contribution < 1.29 is 0 Å². The fraction of sp³-hybridized carbons (Fsp3) is 0.667. The molecule has 1 aromatic rings. The smallest absolute Gasteiger partial charge is 0.147 e. The molecule has 5 heteroatoms. The molecule has 0 aliphatic carbocycles. The summed E-state index contributed by atoms with van der Waals surface area (Å²) in [6.45, 7) is 4.90. The third-order valence-corrected chi connectivity index (χ3v) is 3.71. The molecule has 2 heterocycles. The van der Waals surface area contributed by atoms with E-state index in [0.717, 1.165) is 18.8 Å². The molecule has 0 saturated carbocycles. The van der Waals surface area contributed by atoms with Crippen LogP contribution in [0.4, 0.5) is 0 Å². The average Bonchev–Trinajstić information content (AvgIpc) is 2.32. The molecule has 0 amide bonds. The van der Waals surface area contributed by atoms with E-state index in [1.165, 1.54) is 12.8 Å². The van der Waals surface area contributed by atoms with Crippen molar-refractivity contribution in [2.45, 2.75) is 32.4 Å². The van der Waals surface area contributed by atoms with Crippen molar-refractivity contribution in [1.82, 2.24) is 14.9 Å². The normalized spacial score (nSPS) is 26.1. The standard InChI is InChI=1S/C12H19ClN4/c1-9-3-2-4-17(11(9)5-14)8-10-6-16-12(13)7-15-10/h6-7,9,11H,2-5,8,14H2,1H3. The maximum atomic E-state index is 5.86. The summed E-state index contributed by atoms with van der Waals surface area (Å²) in [6.07, 6.45) is 5.85. The van der Waals surface area contributed by atoms with E-state index in [1.54, 1.807) is 12.4 Å². The quantitative estimate of drug-likeness (QED) is 0.892. The molecule has 0 radical (unpaired) electrons. The highest BCUT2D eigenvalue weighted by atomic mass is 35.5. The van der Waals surface area contributed by atoms with Gasteiger partial charge in [-0.25, -0.2) is 4.98 Å². The summed E-state index contributed by atoms with van der Waals surface area (Å²) in [4.78, 5) is 10.8. The van der Waals surface area contributed by atoms with Crippen LogP contribution >= 0.6 is 11.6 Å². The van der Waals surface area contributed by atoms with E-state index in [1.807, 2.05) is 0 Å². The number of hydrogen-bond acceptors (Lipinski definition) is 4. The monoisotopic (exact) mass is 254 g/mol. The Hall–Kier alpha value is -0.710. The molecule has 2 N–H and O–H groups in total. The third kappa shape index (κ3) is 3.15. The summed E-state index contributed by atoms with van der Waals surface area (Å²) in [6, 6.07) is 0.459. The Morgan fingerprint density at radius 3 is 2.94 bits per heavy atom. The number of nitrogens with two attached hydrogens (primary N) is 1. The maximum Gasteiger partial charge on any atom is 0.147 e. The Labute approximate surface area is 107 Å². The van der Waals surface area contributed by atoms with Crippen LogP contribution in [-0.2, 0) is 6.54 Å². The summed E-state index contributed by atoms with van der Waals surface area (Å²) in [5.41, 5.74) is 6.82. The van der Waals surface area contributed by atoms with Gasteiger partial charge < -0.3 is 5.73 Å². The van der Waals surface area contributed by atoms with Gasteiger partial charge in [0.15, 0.2) is 0 Å². The van der Waals surface area contributed by atoms with Gasteiger partial charge in [0.1, 0.15) is 5.15 Å². The van der Waals surface area contributed by atoms with Crippen molar-refractivity contribution in [3.8, 4) is 0 Å². The van der Waals surface area contributed by atoms with E-state index >= 15 is 0 Å². The van der Waals surface area contributed by atoms with Gasteiger partial charge in [-0.1, -0.05) is 18.5 Å². The van der Waals surface area contributed by atoms with Crippen LogP contribution < -0.4 is 5.73 Å².